The summed E-state index contributed by atoms with van der Waals surface area (Å²) in [5, 5.41) is 11.7. The van der Waals surface area contributed by atoms with Crippen LogP contribution in [0.4, 0.5) is 0 Å². The van der Waals surface area contributed by atoms with Gasteiger partial charge in [-0.15, -0.1) is 0 Å². The van der Waals surface area contributed by atoms with Crippen molar-refractivity contribution in [1.82, 2.24) is 4.90 Å². The Kier molecular flexibility index (Phi) is 2.78. The van der Waals surface area contributed by atoms with Gasteiger partial charge in [-0.05, 0) is 12.5 Å². The minimum Gasteiger partial charge on any atom is -0.366 e. The van der Waals surface area contributed by atoms with E-state index in [1.54, 1.807) is 24.3 Å². The SMILES string of the molecule is CCN1C(=O)C[C@@]2(c3ccccc3)C(=O)c3ccccc3[C@@]12O. The van der Waals surface area contributed by atoms with Crippen molar-refractivity contribution in [2.24, 2.45) is 0 Å². The third kappa shape index (κ3) is 1.44. The Morgan fingerprint density at radius 3 is 2.39 bits per heavy atom. The molecule has 0 radical (unpaired) electrons. The first-order chi connectivity index (χ1) is 11.1. The monoisotopic (exact) mass is 307 g/mol. The van der Waals surface area contributed by atoms with E-state index in [0.717, 1.165) is 0 Å². The van der Waals surface area contributed by atoms with Crippen LogP contribution in [0, 0.1) is 0 Å². The summed E-state index contributed by atoms with van der Waals surface area (Å²) in [6.07, 6.45) is -0.00509. The number of amides is 1. The van der Waals surface area contributed by atoms with Gasteiger partial charge in [-0.3, -0.25) is 9.59 Å². The number of likely N-dealkylation sites (tertiary alicyclic amines) is 1. The average Bonchev–Trinajstić information content (AvgIpc) is 2.93. The Labute approximate surface area is 134 Å². The third-order valence-corrected chi connectivity index (χ3v) is 5.22. The molecule has 0 spiro atoms. The minimum absolute atomic E-state index is 0.00509. The van der Waals surface area contributed by atoms with Crippen LogP contribution in [0.15, 0.2) is 54.6 Å². The molecule has 116 valence electrons. The van der Waals surface area contributed by atoms with Gasteiger partial charge in [-0.25, -0.2) is 0 Å². The molecule has 4 nitrogen and oxygen atoms in total. The lowest BCUT2D eigenvalue weighted by Gasteiger charge is -2.39. The summed E-state index contributed by atoms with van der Waals surface area (Å²) < 4.78 is 0. The standard InChI is InChI=1S/C19H17NO3/c1-2-20-16(21)12-18(13-8-4-3-5-9-13)17(22)14-10-6-7-11-15(14)19(18,20)23/h3-11,23H,2,12H2,1H3/t18-,19+/m1/s1. The Morgan fingerprint density at radius 1 is 1.04 bits per heavy atom. The summed E-state index contributed by atoms with van der Waals surface area (Å²) in [7, 11) is 0. The second-order valence-electron chi connectivity index (χ2n) is 6.13. The van der Waals surface area contributed by atoms with Crippen LogP contribution in [0.3, 0.4) is 0 Å². The van der Waals surface area contributed by atoms with Gasteiger partial charge in [-0.2, -0.15) is 0 Å². The highest BCUT2D eigenvalue weighted by atomic mass is 16.3. The molecular weight excluding hydrogens is 290 g/mol. The summed E-state index contributed by atoms with van der Waals surface area (Å²) in [5.74, 6) is -0.368. The molecule has 4 heteroatoms. The zero-order chi connectivity index (χ0) is 16.2. The number of carbonyl (C=O) groups excluding carboxylic acids is 2. The van der Waals surface area contributed by atoms with Crippen LogP contribution in [0.2, 0.25) is 0 Å². The maximum absolute atomic E-state index is 13.3. The van der Waals surface area contributed by atoms with E-state index in [-0.39, 0.29) is 18.1 Å². The van der Waals surface area contributed by atoms with Crippen molar-refractivity contribution in [1.29, 1.82) is 0 Å². The van der Waals surface area contributed by atoms with Crippen LogP contribution in [0.5, 0.6) is 0 Å². The lowest BCUT2D eigenvalue weighted by Crippen LogP contribution is -2.53. The summed E-state index contributed by atoms with van der Waals surface area (Å²) in [4.78, 5) is 27.3. The van der Waals surface area contributed by atoms with E-state index >= 15 is 0 Å². The zero-order valence-electron chi connectivity index (χ0n) is 12.8. The highest BCUT2D eigenvalue weighted by Gasteiger charge is 2.71. The van der Waals surface area contributed by atoms with E-state index in [0.29, 0.717) is 23.2 Å². The highest BCUT2D eigenvalue weighted by Crippen LogP contribution is 2.59. The van der Waals surface area contributed by atoms with Crippen LogP contribution in [0.25, 0.3) is 0 Å². The molecule has 0 aromatic heterocycles. The maximum Gasteiger partial charge on any atom is 0.226 e. The fraction of sp³-hybridized carbons (Fsp3) is 0.263. The van der Waals surface area contributed by atoms with Crippen molar-refractivity contribution in [2.75, 3.05) is 6.54 Å². The van der Waals surface area contributed by atoms with Gasteiger partial charge in [0.25, 0.3) is 0 Å². The molecule has 1 saturated heterocycles. The molecule has 2 atom stereocenters. The lowest BCUT2D eigenvalue weighted by molar-refractivity contribution is -0.151. The van der Waals surface area contributed by atoms with Crippen molar-refractivity contribution in [3.8, 4) is 0 Å². The third-order valence-electron chi connectivity index (χ3n) is 5.22. The van der Waals surface area contributed by atoms with Gasteiger partial charge in [0.15, 0.2) is 11.5 Å². The van der Waals surface area contributed by atoms with E-state index in [1.807, 2.05) is 37.3 Å². The van der Waals surface area contributed by atoms with Crippen molar-refractivity contribution < 1.29 is 14.7 Å². The van der Waals surface area contributed by atoms with Crippen LogP contribution in [0.1, 0.15) is 34.8 Å². The molecule has 0 saturated carbocycles. The second kappa shape index (κ2) is 4.52. The van der Waals surface area contributed by atoms with Crippen LogP contribution in [-0.2, 0) is 15.9 Å². The number of nitrogens with zero attached hydrogens (tertiary/aromatic N) is 1. The number of rotatable bonds is 2. The summed E-state index contributed by atoms with van der Waals surface area (Å²) >= 11 is 0. The predicted molar refractivity (Wildman–Crippen MR) is 84.8 cm³/mol. The van der Waals surface area contributed by atoms with Crippen LogP contribution < -0.4 is 0 Å². The highest BCUT2D eigenvalue weighted by molar-refractivity contribution is 6.14. The molecule has 2 aromatic rings. The van der Waals surface area contributed by atoms with Crippen LogP contribution >= 0.6 is 0 Å². The van der Waals surface area contributed by atoms with Crippen molar-refractivity contribution in [3.05, 3.63) is 71.3 Å². The number of hydrogen-bond donors (Lipinski definition) is 1. The fourth-order valence-corrected chi connectivity index (χ4v) is 4.25. The molecule has 0 unspecified atom stereocenters. The Bertz CT molecular complexity index is 816. The largest absolute Gasteiger partial charge is 0.366 e. The van der Waals surface area contributed by atoms with E-state index in [2.05, 4.69) is 0 Å². The van der Waals surface area contributed by atoms with Gasteiger partial charge < -0.3 is 10.0 Å². The number of likely N-dealkylation sites (N-methyl/N-ethyl adjacent to an activating group) is 1. The van der Waals surface area contributed by atoms with Crippen LogP contribution in [-0.4, -0.2) is 28.2 Å². The molecule has 2 aliphatic rings. The van der Waals surface area contributed by atoms with Gasteiger partial charge in [0.2, 0.25) is 5.91 Å². The Morgan fingerprint density at radius 2 is 1.70 bits per heavy atom. The number of hydrogen-bond acceptors (Lipinski definition) is 3. The number of carbonyl (C=O) groups is 2. The second-order valence-corrected chi connectivity index (χ2v) is 6.13. The first-order valence-corrected chi connectivity index (χ1v) is 7.80. The van der Waals surface area contributed by atoms with Crippen molar-refractivity contribution in [2.45, 2.75) is 24.5 Å². The number of ketones is 1. The fourth-order valence-electron chi connectivity index (χ4n) is 4.25. The molecule has 23 heavy (non-hydrogen) atoms. The topological polar surface area (TPSA) is 57.6 Å². The Balaban J connectivity index is 2.08. The quantitative estimate of drug-likeness (QED) is 0.925. The average molecular weight is 307 g/mol. The summed E-state index contributed by atoms with van der Waals surface area (Å²) in [5.41, 5.74) is -1.15. The first-order valence-electron chi connectivity index (χ1n) is 7.80. The van der Waals surface area contributed by atoms with Gasteiger partial charge in [0.05, 0.1) is 0 Å². The van der Waals surface area contributed by atoms with E-state index in [4.69, 9.17) is 0 Å². The molecule has 2 aromatic carbocycles. The molecule has 1 fully saturated rings. The molecule has 0 bridgehead atoms. The van der Waals surface area contributed by atoms with Gasteiger partial charge >= 0.3 is 0 Å². The van der Waals surface area contributed by atoms with Gasteiger partial charge in [-0.1, -0.05) is 54.6 Å². The molecule has 4 rings (SSSR count). The van der Waals surface area contributed by atoms with E-state index < -0.39 is 11.1 Å². The molecule has 1 aliphatic heterocycles. The van der Waals surface area contributed by atoms with Gasteiger partial charge in [0.1, 0.15) is 5.41 Å². The predicted octanol–water partition coefficient (Wildman–Crippen LogP) is 2.22. The lowest BCUT2D eigenvalue weighted by atomic mass is 9.71. The van der Waals surface area contributed by atoms with Crippen molar-refractivity contribution >= 4 is 11.7 Å². The number of benzene rings is 2. The smallest absolute Gasteiger partial charge is 0.226 e. The zero-order valence-corrected chi connectivity index (χ0v) is 12.8. The number of Topliss-reactive ketones (excluding diaryl/α,β-unsaturated/α-hetero) is 1. The van der Waals surface area contributed by atoms with E-state index in [9.17, 15) is 14.7 Å². The van der Waals surface area contributed by atoms with Gasteiger partial charge in [0, 0.05) is 24.1 Å². The van der Waals surface area contributed by atoms with E-state index in [1.165, 1.54) is 4.90 Å². The number of aliphatic hydroxyl groups is 1. The maximum atomic E-state index is 13.3. The molecular formula is C19H17NO3. The minimum atomic E-state index is -1.62. The Hall–Kier alpha value is -2.46. The molecule has 1 aliphatic carbocycles. The molecule has 1 amide bonds. The first kappa shape index (κ1) is 14.2. The summed E-state index contributed by atoms with van der Waals surface area (Å²) in [6.45, 7) is 2.17. The number of fused-ring (bicyclic) bond motifs is 3. The summed E-state index contributed by atoms with van der Waals surface area (Å²) in [6, 6.07) is 16.2. The van der Waals surface area contributed by atoms with Crippen molar-refractivity contribution in [3.63, 3.8) is 0 Å². The molecule has 1 heterocycles. The normalized spacial score (nSPS) is 28.9. The molecule has 1 N–H and O–H groups in total.